The molecule has 0 radical (unpaired) electrons. The number of fused-ring (bicyclic) bond motifs is 1. The Morgan fingerprint density at radius 2 is 1.95 bits per heavy atom. The highest BCUT2D eigenvalue weighted by Crippen LogP contribution is 2.34. The van der Waals surface area contributed by atoms with Gasteiger partial charge >= 0.3 is 6.18 Å². The number of rotatable bonds is 1. The molecule has 0 amide bonds. The summed E-state index contributed by atoms with van der Waals surface area (Å²) in [6.45, 7) is 0. The zero-order valence-electron chi connectivity index (χ0n) is 10.4. The van der Waals surface area contributed by atoms with Crippen LogP contribution in [0.2, 0.25) is 5.02 Å². The van der Waals surface area contributed by atoms with Crippen LogP contribution in [0.15, 0.2) is 36.5 Å². The Morgan fingerprint density at radius 1 is 1.19 bits per heavy atom. The molecule has 0 bridgehead atoms. The van der Waals surface area contributed by atoms with Crippen molar-refractivity contribution in [3.05, 3.63) is 47.1 Å². The number of hydrogen-bond donors (Lipinski definition) is 1. The van der Waals surface area contributed by atoms with E-state index in [1.807, 2.05) is 0 Å². The summed E-state index contributed by atoms with van der Waals surface area (Å²) in [5, 5.41) is -0.0444. The Bertz CT molecular complexity index is 826. The second-order valence-electron chi connectivity index (χ2n) is 4.35. The van der Waals surface area contributed by atoms with Gasteiger partial charge in [-0.05, 0) is 30.3 Å². The van der Waals surface area contributed by atoms with E-state index in [-0.39, 0.29) is 16.7 Å². The molecule has 0 atom stereocenters. The number of nitrogen functional groups attached to an aromatic ring is 1. The van der Waals surface area contributed by atoms with Crippen LogP contribution < -0.4 is 5.73 Å². The van der Waals surface area contributed by atoms with E-state index in [9.17, 15) is 13.2 Å². The van der Waals surface area contributed by atoms with Crippen molar-refractivity contribution in [1.82, 2.24) is 14.5 Å². The van der Waals surface area contributed by atoms with Crippen LogP contribution in [0.5, 0.6) is 0 Å². The highest BCUT2D eigenvalue weighted by Gasteiger charge is 2.31. The number of alkyl halides is 3. The van der Waals surface area contributed by atoms with Crippen LogP contribution in [-0.4, -0.2) is 14.5 Å². The minimum Gasteiger partial charge on any atom is -0.369 e. The van der Waals surface area contributed by atoms with Crippen LogP contribution >= 0.6 is 11.6 Å². The molecule has 0 saturated heterocycles. The Balaban J connectivity index is 2.28. The lowest BCUT2D eigenvalue weighted by Gasteiger charge is -2.11. The minimum absolute atomic E-state index is 0.0408. The van der Waals surface area contributed by atoms with Crippen LogP contribution in [0.3, 0.4) is 0 Å². The van der Waals surface area contributed by atoms with Crippen molar-refractivity contribution in [2.75, 3.05) is 5.73 Å². The fourth-order valence-electron chi connectivity index (χ4n) is 2.05. The van der Waals surface area contributed by atoms with Gasteiger partial charge in [0, 0.05) is 11.2 Å². The molecule has 1 aromatic carbocycles. The van der Waals surface area contributed by atoms with E-state index in [0.29, 0.717) is 11.2 Å². The first kappa shape index (κ1) is 13.7. The molecule has 0 aliphatic rings. The van der Waals surface area contributed by atoms with E-state index in [2.05, 4.69) is 9.97 Å². The Labute approximate surface area is 122 Å². The van der Waals surface area contributed by atoms with Gasteiger partial charge < -0.3 is 5.73 Å². The smallest absolute Gasteiger partial charge is 0.369 e. The number of imidazole rings is 1. The molecule has 4 nitrogen and oxygen atoms in total. The summed E-state index contributed by atoms with van der Waals surface area (Å²) in [4.78, 5) is 8.16. The lowest BCUT2D eigenvalue weighted by atomic mass is 10.2. The number of anilines is 1. The summed E-state index contributed by atoms with van der Waals surface area (Å²) in [5.74, 6) is 0.0408. The van der Waals surface area contributed by atoms with Crippen LogP contribution in [0.1, 0.15) is 5.56 Å². The quantitative estimate of drug-likeness (QED) is 0.746. The first-order valence-corrected chi connectivity index (χ1v) is 6.21. The molecule has 0 saturated carbocycles. The van der Waals surface area contributed by atoms with Gasteiger partial charge in [-0.1, -0.05) is 11.6 Å². The van der Waals surface area contributed by atoms with Crippen LogP contribution in [0, 0.1) is 0 Å². The van der Waals surface area contributed by atoms with Crippen LogP contribution in [0.4, 0.5) is 19.1 Å². The van der Waals surface area contributed by atoms with Crippen molar-refractivity contribution >= 4 is 28.7 Å². The number of nitrogens with zero attached hydrogens (tertiary/aromatic N) is 3. The molecule has 0 fully saturated rings. The Kier molecular flexibility index (Phi) is 3.02. The van der Waals surface area contributed by atoms with Gasteiger partial charge in [0.15, 0.2) is 5.65 Å². The third-order valence-electron chi connectivity index (χ3n) is 2.91. The zero-order chi connectivity index (χ0) is 15.2. The lowest BCUT2D eigenvalue weighted by Crippen LogP contribution is -2.08. The van der Waals surface area contributed by atoms with Crippen LogP contribution in [-0.2, 0) is 6.18 Å². The van der Waals surface area contributed by atoms with E-state index >= 15 is 0 Å². The number of halogens is 4. The minimum atomic E-state index is -4.50. The molecule has 0 aliphatic heterocycles. The van der Waals surface area contributed by atoms with Crippen molar-refractivity contribution < 1.29 is 13.2 Å². The summed E-state index contributed by atoms with van der Waals surface area (Å²) < 4.78 is 40.0. The van der Waals surface area contributed by atoms with E-state index in [4.69, 9.17) is 17.3 Å². The predicted molar refractivity (Wildman–Crippen MR) is 73.3 cm³/mol. The van der Waals surface area contributed by atoms with E-state index in [1.165, 1.54) is 16.8 Å². The summed E-state index contributed by atoms with van der Waals surface area (Å²) in [7, 11) is 0. The predicted octanol–water partition coefficient (Wildman–Crippen LogP) is 3.67. The molecular weight excluding hydrogens is 305 g/mol. The first-order valence-electron chi connectivity index (χ1n) is 5.83. The zero-order valence-corrected chi connectivity index (χ0v) is 11.2. The second-order valence-corrected chi connectivity index (χ2v) is 4.78. The molecule has 108 valence electrons. The molecular formula is C13H8ClF3N4. The second kappa shape index (κ2) is 4.63. The van der Waals surface area contributed by atoms with Crippen molar-refractivity contribution in [2.24, 2.45) is 0 Å². The maximum Gasteiger partial charge on any atom is 0.416 e. The standard InChI is InChI=1S/C13H8ClF3N4/c14-8-4-7(13(15,16)17)5-9(6-8)21-11-10(20-12(21)18)2-1-3-19-11/h1-6H,(H2,18,20). The Hall–Kier alpha value is -2.28. The largest absolute Gasteiger partial charge is 0.416 e. The van der Waals surface area contributed by atoms with Gasteiger partial charge in [0.25, 0.3) is 0 Å². The molecule has 21 heavy (non-hydrogen) atoms. The maximum absolute atomic E-state index is 12.9. The number of aromatic nitrogens is 3. The number of pyridine rings is 1. The third-order valence-corrected chi connectivity index (χ3v) is 3.13. The van der Waals surface area contributed by atoms with Gasteiger partial charge in [0.1, 0.15) is 5.52 Å². The molecule has 0 aliphatic carbocycles. The average Bonchev–Trinajstić information content (AvgIpc) is 2.72. The van der Waals surface area contributed by atoms with Crippen molar-refractivity contribution in [1.29, 1.82) is 0 Å². The molecule has 2 aromatic heterocycles. The van der Waals surface area contributed by atoms with E-state index in [1.54, 1.807) is 12.1 Å². The fraction of sp³-hybridized carbons (Fsp3) is 0.0769. The van der Waals surface area contributed by atoms with Crippen molar-refractivity contribution in [3.8, 4) is 5.69 Å². The molecule has 3 rings (SSSR count). The topological polar surface area (TPSA) is 56.7 Å². The molecule has 0 spiro atoms. The van der Waals surface area contributed by atoms with Gasteiger partial charge in [0.2, 0.25) is 5.95 Å². The number of benzene rings is 1. The summed E-state index contributed by atoms with van der Waals surface area (Å²) in [6, 6.07) is 6.53. The van der Waals surface area contributed by atoms with E-state index in [0.717, 1.165) is 12.1 Å². The highest BCUT2D eigenvalue weighted by atomic mass is 35.5. The van der Waals surface area contributed by atoms with Crippen LogP contribution in [0.25, 0.3) is 16.9 Å². The summed E-state index contributed by atoms with van der Waals surface area (Å²) >= 11 is 5.78. The Morgan fingerprint density at radius 3 is 2.67 bits per heavy atom. The number of nitrogens with two attached hydrogens (primary N) is 1. The average molecular weight is 313 g/mol. The van der Waals surface area contributed by atoms with Gasteiger partial charge in [-0.25, -0.2) is 9.97 Å². The third kappa shape index (κ3) is 2.40. The van der Waals surface area contributed by atoms with E-state index < -0.39 is 11.7 Å². The molecule has 3 aromatic rings. The maximum atomic E-state index is 12.9. The van der Waals surface area contributed by atoms with Crippen molar-refractivity contribution in [2.45, 2.75) is 6.18 Å². The van der Waals surface area contributed by atoms with Gasteiger partial charge in [-0.15, -0.1) is 0 Å². The first-order chi connectivity index (χ1) is 9.86. The molecule has 2 N–H and O–H groups in total. The SMILES string of the molecule is Nc1nc2cccnc2n1-c1cc(Cl)cc(C(F)(F)F)c1. The van der Waals surface area contributed by atoms with Gasteiger partial charge in [-0.3, -0.25) is 4.57 Å². The normalized spacial score (nSPS) is 12.0. The summed E-state index contributed by atoms with van der Waals surface area (Å²) in [5.41, 5.74) is 5.94. The number of hydrogen-bond acceptors (Lipinski definition) is 3. The molecule has 8 heteroatoms. The fourth-order valence-corrected chi connectivity index (χ4v) is 2.28. The van der Waals surface area contributed by atoms with Crippen molar-refractivity contribution in [3.63, 3.8) is 0 Å². The van der Waals surface area contributed by atoms with Gasteiger partial charge in [-0.2, -0.15) is 13.2 Å². The summed E-state index contributed by atoms with van der Waals surface area (Å²) in [6.07, 6.45) is -2.99. The molecule has 0 unspecified atom stereocenters. The lowest BCUT2D eigenvalue weighted by molar-refractivity contribution is -0.137. The monoisotopic (exact) mass is 312 g/mol. The molecule has 2 heterocycles. The van der Waals surface area contributed by atoms with Gasteiger partial charge in [0.05, 0.1) is 11.3 Å². The highest BCUT2D eigenvalue weighted by molar-refractivity contribution is 6.30.